The van der Waals surface area contributed by atoms with Crippen LogP contribution in [0.5, 0.6) is 0 Å². The van der Waals surface area contributed by atoms with Gasteiger partial charge < -0.3 is 0 Å². The van der Waals surface area contributed by atoms with Crippen LogP contribution in [0.1, 0.15) is 6.42 Å². The van der Waals surface area contributed by atoms with Crippen LogP contribution in [0.25, 0.3) is 0 Å². The van der Waals surface area contributed by atoms with E-state index in [2.05, 4.69) is 5.10 Å². The molecule has 1 rings (SSSR count). The van der Waals surface area contributed by atoms with Gasteiger partial charge in [0.1, 0.15) is 6.42 Å². The summed E-state index contributed by atoms with van der Waals surface area (Å²) in [5.41, 5.74) is 0. The van der Waals surface area contributed by atoms with Crippen molar-refractivity contribution in [2.24, 2.45) is 7.05 Å². The predicted octanol–water partition coefficient (Wildman–Crippen LogP) is 0.297. The Morgan fingerprint density at radius 2 is 2.54 bits per heavy atom. The van der Waals surface area contributed by atoms with Gasteiger partial charge >= 0.3 is 0 Å². The summed E-state index contributed by atoms with van der Waals surface area (Å²) in [6.45, 7) is 0. The van der Waals surface area contributed by atoms with Crippen molar-refractivity contribution in [2.45, 2.75) is 6.42 Å². The van der Waals surface area contributed by atoms with Crippen LogP contribution in [0, 0.1) is 11.3 Å². The maximum Gasteiger partial charge on any atom is 0.242 e. The van der Waals surface area contributed by atoms with Gasteiger partial charge in [0.05, 0.1) is 6.07 Å². The average Bonchev–Trinajstić information content (AvgIpc) is 2.51. The highest BCUT2D eigenvalue weighted by Gasteiger charge is 2.11. The lowest BCUT2D eigenvalue weighted by Crippen LogP contribution is -2.25. The number of nitrogens with zero attached hydrogens (tertiary/aromatic N) is 4. The monoisotopic (exact) mass is 178 g/mol. The number of hydrogen-bond donors (Lipinski definition) is 0. The number of carbonyl (C=O) groups excluding carboxylic acids is 1. The van der Waals surface area contributed by atoms with Gasteiger partial charge in [-0.05, 0) is 0 Å². The molecule has 13 heavy (non-hydrogen) atoms. The molecule has 0 spiro atoms. The minimum Gasteiger partial charge on any atom is -0.298 e. The molecular formula is C8H10N4O. The number of anilines is 1. The minimum absolute atomic E-state index is 0.118. The molecule has 0 aromatic carbocycles. The van der Waals surface area contributed by atoms with Gasteiger partial charge in [-0.1, -0.05) is 0 Å². The highest BCUT2D eigenvalue weighted by Crippen LogP contribution is 2.08. The van der Waals surface area contributed by atoms with Gasteiger partial charge in [-0.3, -0.25) is 14.4 Å². The van der Waals surface area contributed by atoms with Crippen LogP contribution in [-0.2, 0) is 11.8 Å². The molecular weight excluding hydrogens is 168 g/mol. The third-order valence-corrected chi connectivity index (χ3v) is 1.65. The Bertz CT molecular complexity index is 349. The van der Waals surface area contributed by atoms with Crippen molar-refractivity contribution in [3.8, 4) is 6.07 Å². The number of nitriles is 1. The van der Waals surface area contributed by atoms with Crippen LogP contribution >= 0.6 is 0 Å². The zero-order valence-electron chi connectivity index (χ0n) is 7.56. The Morgan fingerprint density at radius 3 is 3.00 bits per heavy atom. The van der Waals surface area contributed by atoms with Crippen LogP contribution in [0.15, 0.2) is 12.3 Å². The van der Waals surface area contributed by atoms with E-state index in [4.69, 9.17) is 5.26 Å². The van der Waals surface area contributed by atoms with E-state index >= 15 is 0 Å². The SMILES string of the molecule is CN(C(=O)CC#N)c1ccn(C)n1. The normalized spacial score (nSPS) is 9.31. The average molecular weight is 178 g/mol. The van der Waals surface area contributed by atoms with Gasteiger partial charge in [0.15, 0.2) is 5.82 Å². The number of carbonyl (C=O) groups is 1. The number of aryl methyl sites for hydroxylation is 1. The standard InChI is InChI=1S/C8H10N4O/c1-11-6-4-7(10-11)12(2)8(13)3-5-9/h4,6H,3H2,1-2H3. The lowest BCUT2D eigenvalue weighted by Gasteiger charge is -2.11. The molecule has 0 saturated carbocycles. The van der Waals surface area contributed by atoms with Gasteiger partial charge in [-0.15, -0.1) is 0 Å². The molecule has 5 nitrogen and oxygen atoms in total. The molecule has 0 radical (unpaired) electrons. The van der Waals surface area contributed by atoms with Crippen molar-refractivity contribution in [1.82, 2.24) is 9.78 Å². The molecule has 1 aromatic rings. The zero-order chi connectivity index (χ0) is 9.84. The quantitative estimate of drug-likeness (QED) is 0.654. The smallest absolute Gasteiger partial charge is 0.242 e. The number of rotatable bonds is 2. The predicted molar refractivity (Wildman–Crippen MR) is 46.8 cm³/mol. The molecule has 1 amide bonds. The van der Waals surface area contributed by atoms with Gasteiger partial charge in [-0.2, -0.15) is 10.4 Å². The van der Waals surface area contributed by atoms with Crippen LogP contribution in [0.2, 0.25) is 0 Å². The highest BCUT2D eigenvalue weighted by atomic mass is 16.2. The molecule has 0 N–H and O–H groups in total. The van der Waals surface area contributed by atoms with Crippen molar-refractivity contribution in [1.29, 1.82) is 5.26 Å². The second-order valence-corrected chi connectivity index (χ2v) is 2.64. The van der Waals surface area contributed by atoms with E-state index in [0.717, 1.165) is 0 Å². The molecule has 0 fully saturated rings. The Kier molecular flexibility index (Phi) is 2.65. The largest absolute Gasteiger partial charge is 0.298 e. The van der Waals surface area contributed by atoms with Crippen molar-refractivity contribution in [3.05, 3.63) is 12.3 Å². The Balaban J connectivity index is 2.74. The van der Waals surface area contributed by atoms with Gasteiger partial charge in [0, 0.05) is 26.4 Å². The molecule has 0 aliphatic heterocycles. The third-order valence-electron chi connectivity index (χ3n) is 1.65. The van der Waals surface area contributed by atoms with Crippen LogP contribution in [0.4, 0.5) is 5.82 Å². The number of aromatic nitrogens is 2. The molecule has 0 unspecified atom stereocenters. The third kappa shape index (κ3) is 2.06. The van der Waals surface area contributed by atoms with E-state index in [1.165, 1.54) is 4.90 Å². The second-order valence-electron chi connectivity index (χ2n) is 2.64. The number of hydrogen-bond acceptors (Lipinski definition) is 3. The molecule has 0 atom stereocenters. The first-order valence-corrected chi connectivity index (χ1v) is 3.78. The van der Waals surface area contributed by atoms with E-state index in [1.807, 2.05) is 0 Å². The lowest BCUT2D eigenvalue weighted by atomic mass is 10.4. The highest BCUT2D eigenvalue weighted by molar-refractivity contribution is 5.93. The Morgan fingerprint density at radius 1 is 1.85 bits per heavy atom. The maximum atomic E-state index is 11.2. The van der Waals surface area contributed by atoms with Gasteiger partial charge in [0.2, 0.25) is 5.91 Å². The summed E-state index contributed by atoms with van der Waals surface area (Å²) in [5, 5.41) is 12.3. The first-order chi connectivity index (χ1) is 6.15. The summed E-state index contributed by atoms with van der Waals surface area (Å²) < 4.78 is 1.60. The molecule has 1 heterocycles. The Labute approximate surface area is 76.2 Å². The van der Waals surface area contributed by atoms with Crippen LogP contribution < -0.4 is 4.90 Å². The van der Waals surface area contributed by atoms with Crippen LogP contribution in [-0.4, -0.2) is 22.7 Å². The minimum atomic E-state index is -0.249. The molecule has 0 bridgehead atoms. The topological polar surface area (TPSA) is 61.9 Å². The van der Waals surface area contributed by atoms with E-state index in [0.29, 0.717) is 5.82 Å². The van der Waals surface area contributed by atoms with Crippen molar-refractivity contribution >= 4 is 11.7 Å². The maximum absolute atomic E-state index is 11.2. The Hall–Kier alpha value is -1.83. The summed E-state index contributed by atoms with van der Waals surface area (Å²) >= 11 is 0. The molecule has 5 heteroatoms. The van der Waals surface area contributed by atoms with Gasteiger partial charge in [0.25, 0.3) is 0 Å². The van der Waals surface area contributed by atoms with E-state index < -0.39 is 0 Å². The zero-order valence-corrected chi connectivity index (χ0v) is 7.56. The summed E-state index contributed by atoms with van der Waals surface area (Å²) in [4.78, 5) is 12.6. The fourth-order valence-electron chi connectivity index (χ4n) is 0.896. The molecule has 0 saturated heterocycles. The molecule has 0 aliphatic carbocycles. The summed E-state index contributed by atoms with van der Waals surface area (Å²) in [7, 11) is 3.37. The first kappa shape index (κ1) is 9.26. The van der Waals surface area contributed by atoms with E-state index in [-0.39, 0.29) is 12.3 Å². The summed E-state index contributed by atoms with van der Waals surface area (Å²) in [6, 6.07) is 3.52. The second kappa shape index (κ2) is 3.72. The fraction of sp³-hybridized carbons (Fsp3) is 0.375. The van der Waals surface area contributed by atoms with Gasteiger partial charge in [-0.25, -0.2) is 0 Å². The summed E-state index contributed by atoms with van der Waals surface area (Å²) in [6.07, 6.45) is 1.62. The first-order valence-electron chi connectivity index (χ1n) is 3.78. The molecule has 0 aliphatic rings. The lowest BCUT2D eigenvalue weighted by molar-refractivity contribution is -0.117. The molecule has 68 valence electrons. The van der Waals surface area contributed by atoms with Crippen molar-refractivity contribution < 1.29 is 4.79 Å². The van der Waals surface area contributed by atoms with Crippen molar-refractivity contribution in [2.75, 3.05) is 11.9 Å². The van der Waals surface area contributed by atoms with E-state index in [9.17, 15) is 4.79 Å². The van der Waals surface area contributed by atoms with Crippen LogP contribution in [0.3, 0.4) is 0 Å². The molecule has 1 aromatic heterocycles. The fourth-order valence-corrected chi connectivity index (χ4v) is 0.896. The number of amides is 1. The van der Waals surface area contributed by atoms with Crippen molar-refractivity contribution in [3.63, 3.8) is 0 Å². The summed E-state index contributed by atoms with van der Waals surface area (Å²) in [5.74, 6) is 0.309. The van der Waals surface area contributed by atoms with E-state index in [1.54, 1.807) is 37.1 Å².